The van der Waals surface area contributed by atoms with Crippen molar-refractivity contribution in [1.82, 2.24) is 4.98 Å². The average molecular weight is 432 g/mol. The molecular weight excluding hydrogens is 416 g/mol. The molecule has 2 aromatic rings. The summed E-state index contributed by atoms with van der Waals surface area (Å²) in [6, 6.07) is 9.40. The summed E-state index contributed by atoms with van der Waals surface area (Å²) in [4.78, 5) is 18.2. The highest BCUT2D eigenvalue weighted by Gasteiger charge is 2.20. The van der Waals surface area contributed by atoms with Crippen molar-refractivity contribution >= 4 is 49.1 Å². The molecule has 1 aromatic heterocycles. The van der Waals surface area contributed by atoms with E-state index in [1.54, 1.807) is 18.3 Å². The molecular formula is C16H16BrClN2O3S. The fourth-order valence-corrected chi connectivity index (χ4v) is 3.70. The van der Waals surface area contributed by atoms with Gasteiger partial charge in [0.2, 0.25) is 5.91 Å². The van der Waals surface area contributed by atoms with E-state index >= 15 is 0 Å². The van der Waals surface area contributed by atoms with Crippen LogP contribution >= 0.6 is 27.5 Å². The monoisotopic (exact) mass is 430 g/mol. The zero-order chi connectivity index (χ0) is 17.7. The van der Waals surface area contributed by atoms with Crippen LogP contribution in [0.25, 0.3) is 0 Å². The summed E-state index contributed by atoms with van der Waals surface area (Å²) >= 11 is 9.05. The number of halogens is 2. The van der Waals surface area contributed by atoms with Crippen LogP contribution in [0.15, 0.2) is 52.0 Å². The number of carbonyl (C=O) groups excluding carboxylic acids is 1. The quantitative estimate of drug-likeness (QED) is 0.699. The van der Waals surface area contributed by atoms with Crippen molar-refractivity contribution in [3.63, 3.8) is 0 Å². The number of hydrogen-bond acceptors (Lipinski definition) is 4. The Morgan fingerprint density at radius 2 is 1.88 bits per heavy atom. The first-order valence-corrected chi connectivity index (χ1v) is 10.1. The molecule has 0 N–H and O–H groups in total. The number of anilines is 1. The normalized spacial score (nSPS) is 11.3. The number of hydrogen-bond donors (Lipinski definition) is 0. The van der Waals surface area contributed by atoms with E-state index in [1.807, 2.05) is 6.92 Å². The molecule has 0 atom stereocenters. The zero-order valence-corrected chi connectivity index (χ0v) is 16.1. The number of amides is 1. The molecule has 2 rings (SSSR count). The lowest BCUT2D eigenvalue weighted by Crippen LogP contribution is -2.32. The molecule has 0 unspecified atom stereocenters. The molecule has 0 aliphatic rings. The molecule has 0 bridgehead atoms. The van der Waals surface area contributed by atoms with E-state index in [2.05, 4.69) is 20.9 Å². The molecule has 1 heterocycles. The summed E-state index contributed by atoms with van der Waals surface area (Å²) < 4.78 is 25.4. The lowest BCUT2D eigenvalue weighted by Gasteiger charge is -2.19. The summed E-state index contributed by atoms with van der Waals surface area (Å²) in [6.45, 7) is 2.23. The van der Waals surface area contributed by atoms with Crippen molar-refractivity contribution in [1.29, 1.82) is 0 Å². The second-order valence-corrected chi connectivity index (χ2v) is 8.46. The van der Waals surface area contributed by atoms with Gasteiger partial charge in [0.1, 0.15) is 5.82 Å². The molecule has 0 saturated heterocycles. The van der Waals surface area contributed by atoms with Crippen molar-refractivity contribution in [2.75, 3.05) is 17.2 Å². The Bertz CT molecular complexity index is 808. The van der Waals surface area contributed by atoms with Crippen LogP contribution in [-0.2, 0) is 14.6 Å². The van der Waals surface area contributed by atoms with Crippen LogP contribution in [-0.4, -0.2) is 31.6 Å². The van der Waals surface area contributed by atoms with Crippen molar-refractivity contribution < 1.29 is 13.2 Å². The van der Waals surface area contributed by atoms with Gasteiger partial charge >= 0.3 is 0 Å². The highest BCUT2D eigenvalue weighted by Crippen LogP contribution is 2.18. The van der Waals surface area contributed by atoms with E-state index in [1.165, 1.54) is 29.2 Å². The largest absolute Gasteiger partial charge is 0.297 e. The van der Waals surface area contributed by atoms with Crippen LogP contribution in [0.1, 0.15) is 13.3 Å². The summed E-state index contributed by atoms with van der Waals surface area (Å²) in [7, 11) is -3.54. The van der Waals surface area contributed by atoms with Gasteiger partial charge in [-0.3, -0.25) is 9.69 Å². The Kier molecular flexibility index (Phi) is 6.37. The fraction of sp³-hybridized carbons (Fsp3) is 0.250. The summed E-state index contributed by atoms with van der Waals surface area (Å²) in [6.07, 6.45) is 1.48. The SMILES string of the molecule is CCN(C(=O)CCS(=O)(=O)c1ccc(Cl)cc1)c1ccc(Br)cn1. The summed E-state index contributed by atoms with van der Waals surface area (Å²) in [5.74, 6) is -0.0556. The van der Waals surface area contributed by atoms with Crippen LogP contribution in [0.2, 0.25) is 5.02 Å². The van der Waals surface area contributed by atoms with E-state index in [0.29, 0.717) is 17.4 Å². The molecule has 1 amide bonds. The van der Waals surface area contributed by atoms with E-state index in [4.69, 9.17) is 11.6 Å². The van der Waals surface area contributed by atoms with Crippen molar-refractivity contribution in [2.45, 2.75) is 18.2 Å². The second-order valence-electron chi connectivity index (χ2n) is 5.00. The predicted octanol–water partition coefficient (Wildman–Crippen LogP) is 3.71. The lowest BCUT2D eigenvalue weighted by atomic mass is 10.3. The second kappa shape index (κ2) is 8.09. The van der Waals surface area contributed by atoms with E-state index < -0.39 is 9.84 Å². The van der Waals surface area contributed by atoms with Gasteiger partial charge in [-0.15, -0.1) is 0 Å². The molecule has 0 aliphatic carbocycles. The maximum Gasteiger partial charge on any atom is 0.229 e. The number of benzene rings is 1. The zero-order valence-electron chi connectivity index (χ0n) is 12.9. The Morgan fingerprint density at radius 1 is 1.21 bits per heavy atom. The molecule has 0 aliphatic heterocycles. The average Bonchev–Trinajstić information content (AvgIpc) is 2.56. The van der Waals surface area contributed by atoms with Gasteiger partial charge < -0.3 is 0 Å². The van der Waals surface area contributed by atoms with Crippen molar-refractivity contribution in [2.24, 2.45) is 0 Å². The maximum absolute atomic E-state index is 12.4. The Balaban J connectivity index is 2.07. The smallest absolute Gasteiger partial charge is 0.229 e. The number of rotatable bonds is 6. The molecule has 128 valence electrons. The molecule has 8 heteroatoms. The molecule has 24 heavy (non-hydrogen) atoms. The molecule has 0 spiro atoms. The van der Waals surface area contributed by atoms with Gasteiger partial charge in [-0.05, 0) is 59.3 Å². The van der Waals surface area contributed by atoms with Gasteiger partial charge in [0.05, 0.1) is 10.6 Å². The molecule has 0 fully saturated rings. The summed E-state index contributed by atoms with van der Waals surface area (Å²) in [5, 5.41) is 0.462. The molecule has 5 nitrogen and oxygen atoms in total. The topological polar surface area (TPSA) is 67.3 Å². The first-order chi connectivity index (χ1) is 11.3. The Hall–Kier alpha value is -1.44. The van der Waals surface area contributed by atoms with Crippen LogP contribution < -0.4 is 4.90 Å². The fourth-order valence-electron chi connectivity index (χ4n) is 2.11. The third-order valence-electron chi connectivity index (χ3n) is 3.36. The minimum Gasteiger partial charge on any atom is -0.297 e. The van der Waals surface area contributed by atoms with Crippen molar-refractivity contribution in [3.05, 3.63) is 52.1 Å². The van der Waals surface area contributed by atoms with Crippen LogP contribution in [0.5, 0.6) is 0 Å². The van der Waals surface area contributed by atoms with Gasteiger partial charge in [0.25, 0.3) is 0 Å². The Labute approximate surface area is 154 Å². The predicted molar refractivity (Wildman–Crippen MR) is 98.1 cm³/mol. The highest BCUT2D eigenvalue weighted by atomic mass is 79.9. The van der Waals surface area contributed by atoms with Crippen molar-refractivity contribution in [3.8, 4) is 0 Å². The first kappa shape index (κ1) is 18.9. The molecule has 1 aromatic carbocycles. The lowest BCUT2D eigenvalue weighted by molar-refractivity contribution is -0.118. The number of aromatic nitrogens is 1. The van der Waals surface area contributed by atoms with E-state index in [9.17, 15) is 13.2 Å². The van der Waals surface area contributed by atoms with E-state index in [0.717, 1.165) is 4.47 Å². The number of pyridine rings is 1. The summed E-state index contributed by atoms with van der Waals surface area (Å²) in [5.41, 5.74) is 0. The van der Waals surface area contributed by atoms with Gasteiger partial charge in [-0.2, -0.15) is 0 Å². The third-order valence-corrected chi connectivity index (χ3v) is 5.82. The number of nitrogens with zero attached hydrogens (tertiary/aromatic N) is 2. The molecule has 0 radical (unpaired) electrons. The van der Waals surface area contributed by atoms with Crippen LogP contribution in [0.3, 0.4) is 0 Å². The minimum atomic E-state index is -3.54. The number of carbonyl (C=O) groups is 1. The van der Waals surface area contributed by atoms with Gasteiger partial charge in [-0.1, -0.05) is 11.6 Å². The van der Waals surface area contributed by atoms with E-state index in [-0.39, 0.29) is 23.0 Å². The highest BCUT2D eigenvalue weighted by molar-refractivity contribution is 9.10. The van der Waals surface area contributed by atoms with Gasteiger partial charge in [-0.25, -0.2) is 13.4 Å². The van der Waals surface area contributed by atoms with Gasteiger partial charge in [0.15, 0.2) is 9.84 Å². The number of sulfone groups is 1. The standard InChI is InChI=1S/C16H16BrClN2O3S/c1-2-20(15-8-3-12(17)11-19-15)16(21)9-10-24(22,23)14-6-4-13(18)5-7-14/h3-8,11H,2,9-10H2,1H3. The van der Waals surface area contributed by atoms with Crippen LogP contribution in [0, 0.1) is 0 Å². The first-order valence-electron chi connectivity index (χ1n) is 7.23. The molecule has 0 saturated carbocycles. The third kappa shape index (κ3) is 4.78. The van der Waals surface area contributed by atoms with Gasteiger partial charge in [0, 0.05) is 28.7 Å². The maximum atomic E-state index is 12.4. The minimum absolute atomic E-state index is 0.115. The van der Waals surface area contributed by atoms with Crippen LogP contribution in [0.4, 0.5) is 5.82 Å². The Morgan fingerprint density at radius 3 is 2.42 bits per heavy atom.